The molecule has 98 valence electrons. The van der Waals surface area contributed by atoms with Crippen LogP contribution in [0.2, 0.25) is 5.02 Å². The smallest absolute Gasteiger partial charge is 0.177 e. The summed E-state index contributed by atoms with van der Waals surface area (Å²) in [5.41, 5.74) is 1.26. The van der Waals surface area contributed by atoms with Crippen molar-refractivity contribution in [3.05, 3.63) is 58.6 Å². The first-order valence-corrected chi connectivity index (χ1v) is 6.16. The molecule has 0 amide bonds. The lowest BCUT2D eigenvalue weighted by atomic mass is 10.1. The molecule has 19 heavy (non-hydrogen) atoms. The summed E-state index contributed by atoms with van der Waals surface area (Å²) in [7, 11) is 0. The second-order valence-electron chi connectivity index (χ2n) is 4.10. The van der Waals surface area contributed by atoms with Crippen molar-refractivity contribution in [2.24, 2.45) is 0 Å². The number of benzene rings is 2. The van der Waals surface area contributed by atoms with E-state index in [1.165, 1.54) is 6.92 Å². The average Bonchev–Trinajstić information content (AvgIpc) is 2.41. The minimum absolute atomic E-state index is 0.0260. The number of hydrogen-bond acceptors (Lipinski definition) is 3. The highest BCUT2D eigenvalue weighted by Crippen LogP contribution is 2.36. The molecule has 0 unspecified atom stereocenters. The monoisotopic (exact) mass is 276 g/mol. The maximum absolute atomic E-state index is 11.3. The lowest BCUT2D eigenvalue weighted by Gasteiger charge is -2.10. The van der Waals surface area contributed by atoms with Gasteiger partial charge in [-0.2, -0.15) is 0 Å². The summed E-state index contributed by atoms with van der Waals surface area (Å²) in [5.74, 6) is -0.140. The van der Waals surface area contributed by atoms with Gasteiger partial charge in [0.1, 0.15) is 6.61 Å². The first-order valence-electron chi connectivity index (χ1n) is 5.78. The van der Waals surface area contributed by atoms with Gasteiger partial charge in [0.15, 0.2) is 17.3 Å². The number of carbonyl (C=O) groups is 1. The van der Waals surface area contributed by atoms with E-state index in [1.807, 2.05) is 30.3 Å². The Bertz CT molecular complexity index is 594. The van der Waals surface area contributed by atoms with Crippen molar-refractivity contribution in [3.63, 3.8) is 0 Å². The molecule has 0 atom stereocenters. The molecule has 0 heterocycles. The number of halogens is 1. The Labute approximate surface area is 116 Å². The number of phenols is 1. The van der Waals surface area contributed by atoms with Gasteiger partial charge in [-0.15, -0.1) is 0 Å². The van der Waals surface area contributed by atoms with Gasteiger partial charge in [0.25, 0.3) is 0 Å². The number of ketones is 1. The summed E-state index contributed by atoms with van der Waals surface area (Å²) >= 11 is 5.92. The van der Waals surface area contributed by atoms with Crippen LogP contribution in [0.4, 0.5) is 0 Å². The van der Waals surface area contributed by atoms with Gasteiger partial charge in [0.05, 0.1) is 5.02 Å². The standard InChI is InChI=1S/C15H13ClO3/c1-10(17)12-7-8-13(15(18)14(12)16)19-9-11-5-3-2-4-6-11/h2-8,18H,9H2,1H3. The zero-order chi connectivity index (χ0) is 13.8. The summed E-state index contributed by atoms with van der Waals surface area (Å²) in [6, 6.07) is 12.7. The van der Waals surface area contributed by atoms with Crippen LogP contribution >= 0.6 is 11.6 Å². The predicted molar refractivity (Wildman–Crippen MR) is 73.9 cm³/mol. The minimum Gasteiger partial charge on any atom is -0.503 e. The highest BCUT2D eigenvalue weighted by atomic mass is 35.5. The van der Waals surface area contributed by atoms with Gasteiger partial charge in [-0.3, -0.25) is 4.79 Å². The molecule has 0 aromatic heterocycles. The maximum Gasteiger partial charge on any atom is 0.177 e. The van der Waals surface area contributed by atoms with Gasteiger partial charge in [0, 0.05) is 5.56 Å². The maximum atomic E-state index is 11.3. The Morgan fingerprint density at radius 1 is 1.21 bits per heavy atom. The van der Waals surface area contributed by atoms with Crippen molar-refractivity contribution in [1.29, 1.82) is 0 Å². The fourth-order valence-corrected chi connectivity index (χ4v) is 1.96. The van der Waals surface area contributed by atoms with E-state index in [0.717, 1.165) is 5.56 Å². The molecule has 0 saturated carbocycles. The number of rotatable bonds is 4. The van der Waals surface area contributed by atoms with Crippen molar-refractivity contribution in [2.75, 3.05) is 0 Å². The van der Waals surface area contributed by atoms with Gasteiger partial charge in [-0.25, -0.2) is 0 Å². The van der Waals surface area contributed by atoms with E-state index in [-0.39, 0.29) is 27.9 Å². The lowest BCUT2D eigenvalue weighted by Crippen LogP contribution is -1.98. The number of aromatic hydroxyl groups is 1. The van der Waals surface area contributed by atoms with Crippen LogP contribution < -0.4 is 4.74 Å². The van der Waals surface area contributed by atoms with Crippen LogP contribution in [0, 0.1) is 0 Å². The van der Waals surface area contributed by atoms with Crippen LogP contribution in [0.25, 0.3) is 0 Å². The Hall–Kier alpha value is -2.00. The normalized spacial score (nSPS) is 10.2. The first-order chi connectivity index (χ1) is 9.09. The van der Waals surface area contributed by atoms with Gasteiger partial charge >= 0.3 is 0 Å². The second-order valence-corrected chi connectivity index (χ2v) is 4.48. The Morgan fingerprint density at radius 2 is 1.89 bits per heavy atom. The molecular weight excluding hydrogens is 264 g/mol. The molecule has 2 rings (SSSR count). The van der Waals surface area contributed by atoms with E-state index in [9.17, 15) is 9.90 Å². The lowest BCUT2D eigenvalue weighted by molar-refractivity contribution is 0.101. The molecule has 0 fully saturated rings. The van der Waals surface area contributed by atoms with Crippen LogP contribution in [-0.2, 0) is 6.61 Å². The summed E-state index contributed by atoms with van der Waals surface area (Å²) in [6.07, 6.45) is 0. The second kappa shape index (κ2) is 5.76. The number of phenolic OH excluding ortho intramolecular Hbond substituents is 1. The van der Waals surface area contributed by atoms with Crippen LogP contribution in [0.3, 0.4) is 0 Å². The van der Waals surface area contributed by atoms with Crippen LogP contribution in [0.15, 0.2) is 42.5 Å². The van der Waals surface area contributed by atoms with E-state index >= 15 is 0 Å². The van der Waals surface area contributed by atoms with E-state index in [0.29, 0.717) is 6.61 Å². The third kappa shape index (κ3) is 3.06. The molecule has 0 spiro atoms. The SMILES string of the molecule is CC(=O)c1ccc(OCc2ccccc2)c(O)c1Cl. The number of carbonyl (C=O) groups excluding carboxylic acids is 1. The minimum atomic E-state index is -0.203. The summed E-state index contributed by atoms with van der Waals surface area (Å²) < 4.78 is 5.49. The molecule has 0 radical (unpaired) electrons. The third-order valence-corrected chi connectivity index (χ3v) is 3.08. The van der Waals surface area contributed by atoms with E-state index in [1.54, 1.807) is 12.1 Å². The largest absolute Gasteiger partial charge is 0.503 e. The Balaban J connectivity index is 2.18. The van der Waals surface area contributed by atoms with Crippen LogP contribution in [-0.4, -0.2) is 10.9 Å². The number of hydrogen-bond donors (Lipinski definition) is 1. The van der Waals surface area contributed by atoms with Gasteiger partial charge in [-0.05, 0) is 24.6 Å². The summed E-state index contributed by atoms with van der Waals surface area (Å²) in [6.45, 7) is 1.72. The van der Waals surface area contributed by atoms with Crippen molar-refractivity contribution in [3.8, 4) is 11.5 Å². The molecule has 0 saturated heterocycles. The predicted octanol–water partition coefficient (Wildman–Crippen LogP) is 3.83. The molecule has 2 aromatic rings. The highest BCUT2D eigenvalue weighted by molar-refractivity contribution is 6.35. The van der Waals surface area contributed by atoms with Crippen molar-refractivity contribution < 1.29 is 14.6 Å². The summed E-state index contributed by atoms with van der Waals surface area (Å²) in [5, 5.41) is 9.92. The average molecular weight is 277 g/mol. The molecular formula is C15H13ClO3. The zero-order valence-electron chi connectivity index (χ0n) is 10.4. The third-order valence-electron chi connectivity index (χ3n) is 2.70. The summed E-state index contributed by atoms with van der Waals surface area (Å²) in [4.78, 5) is 11.3. The van der Waals surface area contributed by atoms with Crippen molar-refractivity contribution in [2.45, 2.75) is 13.5 Å². The Morgan fingerprint density at radius 3 is 2.53 bits per heavy atom. The molecule has 1 N–H and O–H groups in total. The number of ether oxygens (including phenoxy) is 1. The fraction of sp³-hybridized carbons (Fsp3) is 0.133. The van der Waals surface area contributed by atoms with Crippen molar-refractivity contribution in [1.82, 2.24) is 0 Å². The topological polar surface area (TPSA) is 46.5 Å². The molecule has 0 bridgehead atoms. The molecule has 3 nitrogen and oxygen atoms in total. The zero-order valence-corrected chi connectivity index (χ0v) is 11.1. The van der Waals surface area contributed by atoms with E-state index in [4.69, 9.17) is 16.3 Å². The fourth-order valence-electron chi connectivity index (χ4n) is 1.67. The quantitative estimate of drug-likeness (QED) is 0.864. The Kier molecular flexibility index (Phi) is 4.07. The van der Waals surface area contributed by atoms with Crippen LogP contribution in [0.1, 0.15) is 22.8 Å². The molecule has 4 heteroatoms. The van der Waals surface area contributed by atoms with Gasteiger partial charge in [0.2, 0.25) is 0 Å². The van der Waals surface area contributed by atoms with Crippen molar-refractivity contribution >= 4 is 17.4 Å². The van der Waals surface area contributed by atoms with Gasteiger partial charge < -0.3 is 9.84 Å². The molecule has 0 aliphatic rings. The first kappa shape index (κ1) is 13.4. The van der Waals surface area contributed by atoms with Crippen LogP contribution in [0.5, 0.6) is 11.5 Å². The number of Topliss-reactive ketones (excluding diaryl/α,β-unsaturated/α-hetero) is 1. The highest BCUT2D eigenvalue weighted by Gasteiger charge is 2.14. The van der Waals surface area contributed by atoms with E-state index in [2.05, 4.69) is 0 Å². The van der Waals surface area contributed by atoms with E-state index < -0.39 is 0 Å². The van der Waals surface area contributed by atoms with Gasteiger partial charge in [-0.1, -0.05) is 41.9 Å². The molecule has 0 aliphatic heterocycles. The molecule has 2 aromatic carbocycles. The molecule has 0 aliphatic carbocycles.